The van der Waals surface area contributed by atoms with E-state index in [-0.39, 0.29) is 0 Å². The Labute approximate surface area is 92.4 Å². The highest BCUT2D eigenvalue weighted by Gasteiger charge is 2.00. The van der Waals surface area contributed by atoms with Crippen molar-refractivity contribution in [3.63, 3.8) is 0 Å². The summed E-state index contributed by atoms with van der Waals surface area (Å²) >= 11 is 0. The number of rotatable bonds is 6. The molecule has 0 fully saturated rings. The number of allylic oxidation sites excluding steroid dienone is 2. The fourth-order valence-corrected chi connectivity index (χ4v) is 1.41. The van der Waals surface area contributed by atoms with Crippen LogP contribution in [0.5, 0.6) is 0 Å². The lowest BCUT2D eigenvalue weighted by molar-refractivity contribution is 0.511. The third-order valence-corrected chi connectivity index (χ3v) is 2.39. The van der Waals surface area contributed by atoms with Gasteiger partial charge in [-0.1, -0.05) is 11.6 Å². The van der Waals surface area contributed by atoms with Gasteiger partial charge in [0.05, 0.1) is 12.5 Å². The summed E-state index contributed by atoms with van der Waals surface area (Å²) in [6.45, 7) is 7.40. The van der Waals surface area contributed by atoms with E-state index in [9.17, 15) is 0 Å². The van der Waals surface area contributed by atoms with Crippen molar-refractivity contribution in [2.75, 3.05) is 0 Å². The van der Waals surface area contributed by atoms with Crippen molar-refractivity contribution in [1.82, 2.24) is 5.32 Å². The van der Waals surface area contributed by atoms with E-state index in [1.165, 1.54) is 17.6 Å². The van der Waals surface area contributed by atoms with E-state index in [4.69, 9.17) is 4.42 Å². The molecule has 0 aliphatic carbocycles. The Morgan fingerprint density at radius 2 is 2.33 bits per heavy atom. The number of nitrogens with one attached hydrogen (secondary N) is 1. The summed E-state index contributed by atoms with van der Waals surface area (Å²) < 4.78 is 5.01. The molecule has 0 aromatic carbocycles. The van der Waals surface area contributed by atoms with Crippen LogP contribution in [0.2, 0.25) is 0 Å². The molecule has 15 heavy (non-hydrogen) atoms. The van der Waals surface area contributed by atoms with Crippen molar-refractivity contribution in [3.05, 3.63) is 35.8 Å². The molecule has 0 radical (unpaired) electrons. The van der Waals surface area contributed by atoms with Crippen molar-refractivity contribution < 1.29 is 4.42 Å². The first kappa shape index (κ1) is 12.1. The highest BCUT2D eigenvalue weighted by atomic mass is 16.3. The minimum absolute atomic E-state index is 0.551. The van der Waals surface area contributed by atoms with Gasteiger partial charge in [-0.05, 0) is 39.7 Å². The maximum atomic E-state index is 5.01. The monoisotopic (exact) mass is 207 g/mol. The molecular weight excluding hydrogens is 186 g/mol. The van der Waals surface area contributed by atoms with E-state index < -0.39 is 0 Å². The SMILES string of the molecule is CC(C)=CCCC(C)NCc1ccoc1. The molecule has 84 valence electrons. The third kappa shape index (κ3) is 5.43. The second kappa shape index (κ2) is 6.46. The largest absolute Gasteiger partial charge is 0.472 e. The van der Waals surface area contributed by atoms with Crippen LogP contribution in [0.25, 0.3) is 0 Å². The average Bonchev–Trinajstić information content (AvgIpc) is 2.66. The predicted molar refractivity (Wildman–Crippen MR) is 63.7 cm³/mol. The van der Waals surface area contributed by atoms with Crippen LogP contribution in [0.4, 0.5) is 0 Å². The van der Waals surface area contributed by atoms with Crippen LogP contribution < -0.4 is 5.32 Å². The van der Waals surface area contributed by atoms with Crippen molar-refractivity contribution in [3.8, 4) is 0 Å². The molecule has 1 rings (SSSR count). The minimum Gasteiger partial charge on any atom is -0.472 e. The van der Waals surface area contributed by atoms with E-state index in [2.05, 4.69) is 32.2 Å². The van der Waals surface area contributed by atoms with Crippen LogP contribution in [-0.2, 0) is 6.54 Å². The van der Waals surface area contributed by atoms with Crippen LogP contribution in [0.15, 0.2) is 34.7 Å². The van der Waals surface area contributed by atoms with E-state index in [0.29, 0.717) is 6.04 Å². The Morgan fingerprint density at radius 1 is 1.53 bits per heavy atom. The van der Waals surface area contributed by atoms with Crippen molar-refractivity contribution in [1.29, 1.82) is 0 Å². The Bertz CT molecular complexity index is 283. The molecule has 0 amide bonds. The van der Waals surface area contributed by atoms with Crippen LogP contribution >= 0.6 is 0 Å². The minimum atomic E-state index is 0.551. The summed E-state index contributed by atoms with van der Waals surface area (Å²) in [5.74, 6) is 0. The highest BCUT2D eigenvalue weighted by molar-refractivity contribution is 5.04. The molecule has 1 aromatic rings. The molecule has 1 aromatic heterocycles. The van der Waals surface area contributed by atoms with Gasteiger partial charge < -0.3 is 9.73 Å². The van der Waals surface area contributed by atoms with E-state index in [1.807, 2.05) is 6.07 Å². The van der Waals surface area contributed by atoms with Gasteiger partial charge in [-0.2, -0.15) is 0 Å². The van der Waals surface area contributed by atoms with Gasteiger partial charge in [-0.15, -0.1) is 0 Å². The van der Waals surface area contributed by atoms with Gasteiger partial charge in [0.25, 0.3) is 0 Å². The molecule has 0 spiro atoms. The predicted octanol–water partition coefficient (Wildman–Crippen LogP) is 3.50. The van der Waals surface area contributed by atoms with Crippen LogP contribution in [-0.4, -0.2) is 6.04 Å². The molecule has 1 N–H and O–H groups in total. The Balaban J connectivity index is 2.14. The normalized spacial score (nSPS) is 12.5. The van der Waals surface area contributed by atoms with Crippen LogP contribution in [0.3, 0.4) is 0 Å². The molecule has 1 atom stereocenters. The van der Waals surface area contributed by atoms with Crippen molar-refractivity contribution >= 4 is 0 Å². The zero-order valence-corrected chi connectivity index (χ0v) is 9.92. The summed E-state index contributed by atoms with van der Waals surface area (Å²) in [6, 6.07) is 2.55. The first-order chi connectivity index (χ1) is 7.18. The third-order valence-electron chi connectivity index (χ3n) is 2.39. The zero-order chi connectivity index (χ0) is 11.1. The van der Waals surface area contributed by atoms with Gasteiger partial charge in [-0.25, -0.2) is 0 Å². The second-order valence-electron chi connectivity index (χ2n) is 4.27. The molecule has 2 nitrogen and oxygen atoms in total. The number of furan rings is 1. The lowest BCUT2D eigenvalue weighted by atomic mass is 10.1. The molecule has 0 aliphatic heterocycles. The Morgan fingerprint density at radius 3 is 2.93 bits per heavy atom. The maximum absolute atomic E-state index is 5.01. The second-order valence-corrected chi connectivity index (χ2v) is 4.27. The van der Waals surface area contributed by atoms with Crippen molar-refractivity contribution in [2.24, 2.45) is 0 Å². The molecule has 2 heteroatoms. The van der Waals surface area contributed by atoms with Gasteiger partial charge in [-0.3, -0.25) is 0 Å². The van der Waals surface area contributed by atoms with Gasteiger partial charge in [0.2, 0.25) is 0 Å². The molecule has 1 unspecified atom stereocenters. The molecule has 0 saturated carbocycles. The standard InChI is InChI=1S/C13H21NO/c1-11(2)5-4-6-12(3)14-9-13-7-8-15-10-13/h5,7-8,10,12,14H,4,6,9H2,1-3H3. The van der Waals surface area contributed by atoms with Gasteiger partial charge in [0, 0.05) is 18.2 Å². The fourth-order valence-electron chi connectivity index (χ4n) is 1.41. The summed E-state index contributed by atoms with van der Waals surface area (Å²) in [5.41, 5.74) is 2.61. The van der Waals surface area contributed by atoms with Gasteiger partial charge in [0.15, 0.2) is 0 Å². The maximum Gasteiger partial charge on any atom is 0.0947 e. The van der Waals surface area contributed by atoms with Crippen molar-refractivity contribution in [2.45, 2.75) is 46.2 Å². The summed E-state index contributed by atoms with van der Waals surface area (Å²) in [4.78, 5) is 0. The van der Waals surface area contributed by atoms with Gasteiger partial charge in [0.1, 0.15) is 0 Å². The zero-order valence-electron chi connectivity index (χ0n) is 9.92. The molecule has 1 heterocycles. The number of hydrogen-bond acceptors (Lipinski definition) is 2. The quantitative estimate of drug-likeness (QED) is 0.722. The fraction of sp³-hybridized carbons (Fsp3) is 0.538. The average molecular weight is 207 g/mol. The number of hydrogen-bond donors (Lipinski definition) is 1. The smallest absolute Gasteiger partial charge is 0.0947 e. The van der Waals surface area contributed by atoms with Gasteiger partial charge >= 0.3 is 0 Å². The highest BCUT2D eigenvalue weighted by Crippen LogP contribution is 2.04. The summed E-state index contributed by atoms with van der Waals surface area (Å²) in [7, 11) is 0. The lowest BCUT2D eigenvalue weighted by Crippen LogP contribution is -2.24. The first-order valence-corrected chi connectivity index (χ1v) is 5.56. The molecule has 0 bridgehead atoms. The molecular formula is C13H21NO. The van der Waals surface area contributed by atoms with E-state index in [1.54, 1.807) is 12.5 Å². The lowest BCUT2D eigenvalue weighted by Gasteiger charge is -2.11. The Kier molecular flexibility index (Phi) is 5.19. The molecule has 0 aliphatic rings. The molecule has 0 saturated heterocycles. The topological polar surface area (TPSA) is 25.2 Å². The van der Waals surface area contributed by atoms with Crippen LogP contribution in [0.1, 0.15) is 39.2 Å². The van der Waals surface area contributed by atoms with E-state index in [0.717, 1.165) is 13.0 Å². The Hall–Kier alpha value is -1.02. The summed E-state index contributed by atoms with van der Waals surface area (Å²) in [6.07, 6.45) is 8.13. The first-order valence-electron chi connectivity index (χ1n) is 5.56. The van der Waals surface area contributed by atoms with Crippen LogP contribution in [0, 0.1) is 0 Å². The van der Waals surface area contributed by atoms with E-state index >= 15 is 0 Å². The summed E-state index contributed by atoms with van der Waals surface area (Å²) in [5, 5.41) is 3.47.